The first kappa shape index (κ1) is 18.9. The van der Waals surface area contributed by atoms with E-state index in [1.54, 1.807) is 53.4 Å². The van der Waals surface area contributed by atoms with Crippen LogP contribution in [-0.4, -0.2) is 30.9 Å². The number of esters is 1. The standard InChI is InChI=1S/C20H19ClN2O4/c21-16-4-1-3-14(11-16)13-27-19(25)12-22-20(26)15-6-8-17(9-7-15)23-10-2-5-18(23)24/h1,3-4,6-9,11H,2,5,10,12-13H2,(H,22,26). The molecule has 2 aromatic rings. The van der Waals surface area contributed by atoms with Crippen LogP contribution >= 0.6 is 11.6 Å². The normalized spacial score (nSPS) is 13.5. The number of carbonyl (C=O) groups is 3. The Bertz CT molecular complexity index is 851. The van der Waals surface area contributed by atoms with Gasteiger partial charge in [0.2, 0.25) is 5.91 Å². The van der Waals surface area contributed by atoms with Gasteiger partial charge in [-0.15, -0.1) is 0 Å². The lowest BCUT2D eigenvalue weighted by atomic mass is 10.2. The third kappa shape index (κ3) is 5.08. The van der Waals surface area contributed by atoms with Crippen LogP contribution in [0.1, 0.15) is 28.8 Å². The number of nitrogens with zero attached hydrogens (tertiary/aromatic N) is 1. The second-order valence-corrected chi connectivity index (χ2v) is 6.61. The van der Waals surface area contributed by atoms with E-state index >= 15 is 0 Å². The molecule has 0 radical (unpaired) electrons. The lowest BCUT2D eigenvalue weighted by Gasteiger charge is -2.15. The van der Waals surface area contributed by atoms with Crippen molar-refractivity contribution >= 4 is 35.1 Å². The zero-order valence-electron chi connectivity index (χ0n) is 14.6. The summed E-state index contributed by atoms with van der Waals surface area (Å²) < 4.78 is 5.11. The molecule has 0 saturated carbocycles. The van der Waals surface area contributed by atoms with Gasteiger partial charge < -0.3 is 15.0 Å². The molecular weight excluding hydrogens is 368 g/mol. The van der Waals surface area contributed by atoms with Gasteiger partial charge in [0.1, 0.15) is 13.2 Å². The highest BCUT2D eigenvalue weighted by atomic mass is 35.5. The number of hydrogen-bond acceptors (Lipinski definition) is 4. The largest absolute Gasteiger partial charge is 0.460 e. The third-order valence-corrected chi connectivity index (χ3v) is 4.43. The number of rotatable bonds is 6. The van der Waals surface area contributed by atoms with Gasteiger partial charge in [-0.05, 0) is 48.4 Å². The number of halogens is 1. The second kappa shape index (κ2) is 8.68. The van der Waals surface area contributed by atoms with Crippen molar-refractivity contribution in [2.75, 3.05) is 18.0 Å². The molecule has 1 N–H and O–H groups in total. The fourth-order valence-corrected chi connectivity index (χ4v) is 3.02. The van der Waals surface area contributed by atoms with Gasteiger partial charge in [-0.2, -0.15) is 0 Å². The Hall–Kier alpha value is -2.86. The van der Waals surface area contributed by atoms with Crippen LogP contribution in [0.5, 0.6) is 0 Å². The van der Waals surface area contributed by atoms with E-state index in [0.717, 1.165) is 17.7 Å². The van der Waals surface area contributed by atoms with Gasteiger partial charge in [-0.3, -0.25) is 14.4 Å². The minimum absolute atomic E-state index is 0.0911. The first-order chi connectivity index (χ1) is 13.0. The summed E-state index contributed by atoms with van der Waals surface area (Å²) in [7, 11) is 0. The molecule has 6 nitrogen and oxygen atoms in total. The van der Waals surface area contributed by atoms with Gasteiger partial charge >= 0.3 is 5.97 Å². The molecule has 0 bridgehead atoms. The van der Waals surface area contributed by atoms with Gasteiger partial charge in [-0.1, -0.05) is 23.7 Å². The van der Waals surface area contributed by atoms with E-state index in [1.165, 1.54) is 0 Å². The molecule has 2 aromatic carbocycles. The summed E-state index contributed by atoms with van der Waals surface area (Å²) in [4.78, 5) is 37.4. The smallest absolute Gasteiger partial charge is 0.325 e. The molecule has 1 heterocycles. The summed E-state index contributed by atoms with van der Waals surface area (Å²) in [6, 6.07) is 13.7. The maximum Gasteiger partial charge on any atom is 0.325 e. The van der Waals surface area contributed by atoms with Crippen molar-refractivity contribution in [3.63, 3.8) is 0 Å². The number of anilines is 1. The van der Waals surface area contributed by atoms with Crippen LogP contribution in [0.3, 0.4) is 0 Å². The molecular formula is C20H19ClN2O4. The minimum atomic E-state index is -0.539. The van der Waals surface area contributed by atoms with E-state index in [-0.39, 0.29) is 25.0 Å². The van der Waals surface area contributed by atoms with Crippen LogP contribution in [0.25, 0.3) is 0 Å². The molecule has 1 fully saturated rings. The summed E-state index contributed by atoms with van der Waals surface area (Å²) in [6.07, 6.45) is 1.40. The van der Waals surface area contributed by atoms with E-state index in [9.17, 15) is 14.4 Å². The number of carbonyl (C=O) groups excluding carboxylic acids is 3. The van der Waals surface area contributed by atoms with Crippen LogP contribution in [0, 0.1) is 0 Å². The van der Waals surface area contributed by atoms with E-state index in [0.29, 0.717) is 23.6 Å². The topological polar surface area (TPSA) is 75.7 Å². The van der Waals surface area contributed by atoms with E-state index < -0.39 is 5.97 Å². The first-order valence-electron chi connectivity index (χ1n) is 8.61. The number of benzene rings is 2. The number of hydrogen-bond donors (Lipinski definition) is 1. The van der Waals surface area contributed by atoms with Crippen LogP contribution < -0.4 is 10.2 Å². The van der Waals surface area contributed by atoms with Gasteiger partial charge in [0.05, 0.1) is 0 Å². The summed E-state index contributed by atoms with van der Waals surface area (Å²) >= 11 is 5.87. The predicted octanol–water partition coefficient (Wildman–Crippen LogP) is 2.94. The molecule has 0 unspecified atom stereocenters. The second-order valence-electron chi connectivity index (χ2n) is 6.17. The fourth-order valence-electron chi connectivity index (χ4n) is 2.81. The summed E-state index contributed by atoms with van der Waals surface area (Å²) in [5.41, 5.74) is 1.96. The highest BCUT2D eigenvalue weighted by molar-refractivity contribution is 6.30. The molecule has 1 aliphatic rings. The quantitative estimate of drug-likeness (QED) is 0.774. The van der Waals surface area contributed by atoms with Gasteiger partial charge in [0.15, 0.2) is 0 Å². The Kier molecular flexibility index (Phi) is 6.08. The molecule has 0 aliphatic carbocycles. The Balaban J connectivity index is 1.47. The van der Waals surface area contributed by atoms with Crippen molar-refractivity contribution in [1.29, 1.82) is 0 Å². The van der Waals surface area contributed by atoms with Crippen molar-refractivity contribution in [1.82, 2.24) is 5.32 Å². The Labute approximate surface area is 162 Å². The van der Waals surface area contributed by atoms with Crippen molar-refractivity contribution in [3.05, 3.63) is 64.7 Å². The maximum absolute atomic E-state index is 12.1. The lowest BCUT2D eigenvalue weighted by molar-refractivity contribution is -0.143. The molecule has 27 heavy (non-hydrogen) atoms. The number of nitrogens with one attached hydrogen (secondary N) is 1. The third-order valence-electron chi connectivity index (χ3n) is 4.20. The average molecular weight is 387 g/mol. The molecule has 0 spiro atoms. The molecule has 140 valence electrons. The molecule has 7 heteroatoms. The van der Waals surface area contributed by atoms with Crippen LogP contribution in [0.4, 0.5) is 5.69 Å². The van der Waals surface area contributed by atoms with Crippen molar-refractivity contribution < 1.29 is 19.1 Å². The van der Waals surface area contributed by atoms with Crippen molar-refractivity contribution in [2.45, 2.75) is 19.4 Å². The Morgan fingerprint density at radius 2 is 1.93 bits per heavy atom. The van der Waals surface area contributed by atoms with Crippen LogP contribution in [0.2, 0.25) is 5.02 Å². The Morgan fingerprint density at radius 1 is 1.15 bits per heavy atom. The highest BCUT2D eigenvalue weighted by Gasteiger charge is 2.21. The Morgan fingerprint density at radius 3 is 2.59 bits per heavy atom. The molecule has 1 aliphatic heterocycles. The summed E-state index contributed by atoms with van der Waals surface area (Å²) in [6.45, 7) is 0.558. The lowest BCUT2D eigenvalue weighted by Crippen LogP contribution is -2.30. The number of amides is 2. The van der Waals surface area contributed by atoms with Gasteiger partial charge in [-0.25, -0.2) is 0 Å². The zero-order valence-corrected chi connectivity index (χ0v) is 15.4. The SMILES string of the molecule is O=C(CNC(=O)c1ccc(N2CCCC2=O)cc1)OCc1cccc(Cl)c1. The van der Waals surface area contributed by atoms with Crippen molar-refractivity contribution in [2.24, 2.45) is 0 Å². The van der Waals surface area contributed by atoms with Crippen LogP contribution in [-0.2, 0) is 20.9 Å². The monoisotopic (exact) mass is 386 g/mol. The fraction of sp³-hybridized carbons (Fsp3) is 0.250. The van der Waals surface area contributed by atoms with Gasteiger partial charge in [0, 0.05) is 29.2 Å². The first-order valence-corrected chi connectivity index (χ1v) is 8.99. The van der Waals surface area contributed by atoms with Crippen LogP contribution in [0.15, 0.2) is 48.5 Å². The zero-order chi connectivity index (χ0) is 19.2. The summed E-state index contributed by atoms with van der Waals surface area (Å²) in [5, 5.41) is 3.09. The average Bonchev–Trinajstić information content (AvgIpc) is 3.10. The highest BCUT2D eigenvalue weighted by Crippen LogP contribution is 2.21. The van der Waals surface area contributed by atoms with E-state index in [1.807, 2.05) is 0 Å². The molecule has 1 saturated heterocycles. The molecule has 3 rings (SSSR count). The van der Waals surface area contributed by atoms with E-state index in [2.05, 4.69) is 5.32 Å². The summed E-state index contributed by atoms with van der Waals surface area (Å²) in [5.74, 6) is -0.828. The predicted molar refractivity (Wildman–Crippen MR) is 102 cm³/mol. The number of ether oxygens (including phenoxy) is 1. The van der Waals surface area contributed by atoms with Gasteiger partial charge in [0.25, 0.3) is 5.91 Å². The van der Waals surface area contributed by atoms with E-state index in [4.69, 9.17) is 16.3 Å². The minimum Gasteiger partial charge on any atom is -0.460 e. The molecule has 0 atom stereocenters. The molecule has 2 amide bonds. The molecule has 0 aromatic heterocycles. The van der Waals surface area contributed by atoms with Crippen molar-refractivity contribution in [3.8, 4) is 0 Å². The maximum atomic E-state index is 12.1.